The van der Waals surface area contributed by atoms with Crippen LogP contribution in [0.1, 0.15) is 27.8 Å². The van der Waals surface area contributed by atoms with Crippen molar-refractivity contribution in [2.45, 2.75) is 32.0 Å². The molecule has 1 unspecified atom stereocenters. The summed E-state index contributed by atoms with van der Waals surface area (Å²) in [7, 11) is -1.46. The molecule has 9 aromatic rings. The highest BCUT2D eigenvalue weighted by Gasteiger charge is 2.52. The van der Waals surface area contributed by atoms with Crippen LogP contribution in [0.2, 0.25) is 19.6 Å². The third-order valence-electron chi connectivity index (χ3n) is 12.4. The zero-order valence-electron chi connectivity index (χ0n) is 31.7. The Morgan fingerprint density at radius 3 is 1.53 bits per heavy atom. The largest absolute Gasteiger partial charge is 0.310 e. The lowest BCUT2D eigenvalue weighted by molar-refractivity contribution is 0.794. The molecule has 262 valence electrons. The first kappa shape index (κ1) is 32.2. The quantitative estimate of drug-likeness (QED) is 0.129. The number of hydrogen-bond acceptors (Lipinski definition) is 1. The number of nitrogens with zero attached hydrogens (tertiary/aromatic N) is 1. The molecule has 2 aliphatic carbocycles. The van der Waals surface area contributed by atoms with E-state index in [4.69, 9.17) is 0 Å². The summed E-state index contributed by atoms with van der Waals surface area (Å²) in [5, 5.41) is 9.32. The molecule has 2 heteroatoms. The zero-order chi connectivity index (χ0) is 37.1. The molecule has 0 saturated heterocycles. The third kappa shape index (κ3) is 4.52. The van der Waals surface area contributed by atoms with Crippen LogP contribution < -0.4 is 10.1 Å². The van der Waals surface area contributed by atoms with Crippen molar-refractivity contribution in [1.82, 2.24) is 0 Å². The van der Waals surface area contributed by atoms with Gasteiger partial charge in [-0.15, -0.1) is 0 Å². The number of rotatable bonds is 4. The number of para-hydroxylation sites is 1. The molecule has 1 spiro atoms. The molecule has 0 N–H and O–H groups in total. The topological polar surface area (TPSA) is 3.24 Å². The molecule has 0 heterocycles. The van der Waals surface area contributed by atoms with Crippen molar-refractivity contribution >= 4 is 62.6 Å². The van der Waals surface area contributed by atoms with E-state index in [1.807, 2.05) is 0 Å². The number of benzene rings is 9. The maximum absolute atomic E-state index is 2.57. The van der Waals surface area contributed by atoms with Crippen molar-refractivity contribution in [2.75, 3.05) is 4.90 Å². The Balaban J connectivity index is 1.24. The molecular formula is C53H41NSi. The van der Waals surface area contributed by atoms with E-state index in [1.54, 1.807) is 0 Å². The molecule has 11 rings (SSSR count). The van der Waals surface area contributed by atoms with Gasteiger partial charge in [0.25, 0.3) is 0 Å². The molecular weight excluding hydrogens is 679 g/mol. The summed E-state index contributed by atoms with van der Waals surface area (Å²) in [5.74, 6) is 0. The fraction of sp³-hybridized carbons (Fsp3) is 0.0943. The molecule has 0 fully saturated rings. The van der Waals surface area contributed by atoms with Crippen molar-refractivity contribution in [3.05, 3.63) is 204 Å². The molecule has 1 atom stereocenters. The van der Waals surface area contributed by atoms with Crippen molar-refractivity contribution in [2.24, 2.45) is 0 Å². The summed E-state index contributed by atoms with van der Waals surface area (Å²) >= 11 is 0. The van der Waals surface area contributed by atoms with Crippen molar-refractivity contribution in [1.29, 1.82) is 0 Å². The number of anilines is 3. The summed E-state index contributed by atoms with van der Waals surface area (Å²) in [4.78, 5) is 2.44. The fourth-order valence-corrected chi connectivity index (χ4v) is 11.1. The van der Waals surface area contributed by atoms with Crippen molar-refractivity contribution in [3.8, 4) is 22.3 Å². The van der Waals surface area contributed by atoms with Gasteiger partial charge in [-0.2, -0.15) is 0 Å². The number of hydrogen-bond donors (Lipinski definition) is 0. The van der Waals surface area contributed by atoms with Crippen LogP contribution >= 0.6 is 0 Å². The first-order chi connectivity index (χ1) is 26.8. The van der Waals surface area contributed by atoms with Gasteiger partial charge in [0.2, 0.25) is 0 Å². The van der Waals surface area contributed by atoms with E-state index in [9.17, 15) is 0 Å². The third-order valence-corrected chi connectivity index (χ3v) is 14.5. The summed E-state index contributed by atoms with van der Waals surface area (Å²) in [6.45, 7) is 9.50. The second-order valence-corrected chi connectivity index (χ2v) is 21.7. The Morgan fingerprint density at radius 2 is 0.855 bits per heavy atom. The normalized spacial score (nSPS) is 15.3. The van der Waals surface area contributed by atoms with Crippen molar-refractivity contribution < 1.29 is 0 Å². The van der Waals surface area contributed by atoms with E-state index in [1.165, 1.54) is 93.3 Å². The highest BCUT2D eigenvalue weighted by Crippen LogP contribution is 2.64. The van der Waals surface area contributed by atoms with Gasteiger partial charge in [0.05, 0.1) is 13.5 Å². The average Bonchev–Trinajstić information content (AvgIpc) is 3.66. The van der Waals surface area contributed by atoms with Crippen LogP contribution in [0.5, 0.6) is 0 Å². The van der Waals surface area contributed by atoms with Crippen molar-refractivity contribution in [3.63, 3.8) is 0 Å². The molecule has 0 aliphatic heterocycles. The lowest BCUT2D eigenvalue weighted by atomic mass is 9.70. The van der Waals surface area contributed by atoms with Crippen LogP contribution in [0.4, 0.5) is 17.1 Å². The van der Waals surface area contributed by atoms with E-state index in [-0.39, 0.29) is 0 Å². The van der Waals surface area contributed by atoms with Crippen LogP contribution in [0.25, 0.3) is 54.6 Å². The summed E-state index contributed by atoms with van der Waals surface area (Å²) in [5.41, 5.74) is 15.0. The minimum atomic E-state index is -1.46. The minimum Gasteiger partial charge on any atom is -0.310 e. The van der Waals surface area contributed by atoms with E-state index < -0.39 is 13.5 Å². The predicted octanol–water partition coefficient (Wildman–Crippen LogP) is 13.8. The lowest BCUT2D eigenvalue weighted by Gasteiger charge is -2.32. The summed E-state index contributed by atoms with van der Waals surface area (Å²) in [6, 6.07) is 66.8. The highest BCUT2D eigenvalue weighted by molar-refractivity contribution is 6.88. The number of aryl methyl sites for hydroxylation is 1. The summed E-state index contributed by atoms with van der Waals surface area (Å²) in [6.07, 6.45) is 0. The lowest BCUT2D eigenvalue weighted by Crippen LogP contribution is -2.37. The number of fused-ring (bicyclic) bond motifs is 16. The molecule has 2 aliphatic rings. The molecule has 0 bridgehead atoms. The zero-order valence-corrected chi connectivity index (χ0v) is 32.7. The predicted molar refractivity (Wildman–Crippen MR) is 238 cm³/mol. The molecule has 1 nitrogen and oxygen atoms in total. The molecule has 0 aromatic heterocycles. The van der Waals surface area contributed by atoms with Gasteiger partial charge in [-0.3, -0.25) is 0 Å². The van der Waals surface area contributed by atoms with Gasteiger partial charge in [-0.1, -0.05) is 158 Å². The van der Waals surface area contributed by atoms with Crippen LogP contribution in [0.15, 0.2) is 176 Å². The van der Waals surface area contributed by atoms with E-state index in [0.29, 0.717) is 0 Å². The van der Waals surface area contributed by atoms with E-state index in [2.05, 4.69) is 207 Å². The monoisotopic (exact) mass is 719 g/mol. The molecule has 55 heavy (non-hydrogen) atoms. The van der Waals surface area contributed by atoms with Gasteiger partial charge < -0.3 is 4.90 Å². The standard InChI is InChI=1S/C53H41NSi/c1-34-22-28-44-45-29-25-37(54(35-14-6-5-7-15-35)36-23-26-38(27-24-36)55(2,3)4)31-51(45)53(50(44)30-34)49-21-13-12-20-43(49)48-32-46-41-18-10-8-16-39(41)40-17-9-11-19-42(40)47(46)33-52(48)53/h5-33H,1-4H3. The maximum atomic E-state index is 2.57. The van der Waals surface area contributed by atoms with Crippen LogP contribution in [0.3, 0.4) is 0 Å². The summed E-state index contributed by atoms with van der Waals surface area (Å²) < 4.78 is 0. The molecule has 0 saturated carbocycles. The first-order valence-electron chi connectivity index (χ1n) is 19.5. The molecule has 9 aromatic carbocycles. The minimum absolute atomic E-state index is 0.483. The maximum Gasteiger partial charge on any atom is 0.0775 e. The first-order valence-corrected chi connectivity index (χ1v) is 23.0. The fourth-order valence-electron chi connectivity index (χ4n) is 9.95. The molecule has 0 amide bonds. The van der Waals surface area contributed by atoms with Gasteiger partial charge in [0, 0.05) is 17.1 Å². The Morgan fingerprint density at radius 1 is 0.364 bits per heavy atom. The van der Waals surface area contributed by atoms with Crippen LogP contribution in [-0.2, 0) is 5.41 Å². The van der Waals surface area contributed by atoms with E-state index in [0.717, 1.165) is 11.4 Å². The Kier molecular flexibility index (Phi) is 6.82. The van der Waals surface area contributed by atoms with Gasteiger partial charge in [0.15, 0.2) is 0 Å². The SMILES string of the molecule is Cc1ccc2c(c1)C1(c3ccccc3-c3cc4c5ccccc5c5ccccc5c4cc31)c1cc(N(c3ccccc3)c3ccc([Si](C)(C)C)cc3)ccc1-2. The van der Waals surface area contributed by atoms with Crippen LogP contribution in [-0.4, -0.2) is 8.07 Å². The van der Waals surface area contributed by atoms with Gasteiger partial charge in [-0.05, 0) is 132 Å². The smallest absolute Gasteiger partial charge is 0.0775 e. The van der Waals surface area contributed by atoms with Gasteiger partial charge >= 0.3 is 0 Å². The van der Waals surface area contributed by atoms with Gasteiger partial charge in [0.1, 0.15) is 0 Å². The van der Waals surface area contributed by atoms with E-state index >= 15 is 0 Å². The highest BCUT2D eigenvalue weighted by atomic mass is 28.3. The molecule has 0 radical (unpaired) electrons. The Bertz CT molecular complexity index is 3030. The van der Waals surface area contributed by atoms with Crippen LogP contribution in [0, 0.1) is 6.92 Å². The second kappa shape index (κ2) is 11.6. The van der Waals surface area contributed by atoms with Gasteiger partial charge in [-0.25, -0.2) is 0 Å². The average molecular weight is 720 g/mol. The Labute approximate surface area is 324 Å². The Hall–Kier alpha value is -6.22. The second-order valence-electron chi connectivity index (χ2n) is 16.6.